The third kappa shape index (κ3) is 2.83. The van der Waals surface area contributed by atoms with Gasteiger partial charge in [-0.25, -0.2) is 0 Å². The lowest BCUT2D eigenvalue weighted by atomic mass is 10.1. The average Bonchev–Trinajstić information content (AvgIpc) is 2.15. The Morgan fingerprint density at radius 3 is 2.53 bits per heavy atom. The topological polar surface area (TPSA) is 120 Å². The van der Waals surface area contributed by atoms with Crippen molar-refractivity contribution in [2.24, 2.45) is 0 Å². The highest BCUT2D eigenvalue weighted by Crippen LogP contribution is 2.19. The second kappa shape index (κ2) is 4.57. The van der Waals surface area contributed by atoms with Crippen molar-refractivity contribution in [3.8, 4) is 11.9 Å². The first kappa shape index (κ1) is 13.2. The highest BCUT2D eigenvalue weighted by molar-refractivity contribution is 7.85. The highest BCUT2D eigenvalue weighted by Gasteiger charge is 2.18. The molecule has 0 amide bonds. The van der Waals surface area contributed by atoms with Gasteiger partial charge >= 0.3 is 0 Å². The SMILES string of the molecule is CCn1c(O)c(C#N)c(CS(=O)(=O)O)cc1=O. The zero-order chi connectivity index (χ0) is 13.2. The fourth-order valence-electron chi connectivity index (χ4n) is 1.42. The van der Waals surface area contributed by atoms with Crippen molar-refractivity contribution in [1.29, 1.82) is 5.26 Å². The number of nitriles is 1. The number of rotatable bonds is 3. The van der Waals surface area contributed by atoms with E-state index in [0.29, 0.717) is 0 Å². The van der Waals surface area contributed by atoms with Gasteiger partial charge in [-0.15, -0.1) is 0 Å². The van der Waals surface area contributed by atoms with Crippen molar-refractivity contribution in [2.45, 2.75) is 19.2 Å². The molecule has 0 spiro atoms. The molecule has 1 aromatic heterocycles. The normalized spacial score (nSPS) is 11.1. The van der Waals surface area contributed by atoms with Gasteiger partial charge in [0.05, 0.1) is 0 Å². The highest BCUT2D eigenvalue weighted by atomic mass is 32.2. The Morgan fingerprint density at radius 1 is 1.53 bits per heavy atom. The van der Waals surface area contributed by atoms with Crippen LogP contribution in [0.5, 0.6) is 5.88 Å². The number of pyridine rings is 1. The molecular formula is C9H10N2O5S. The minimum absolute atomic E-state index is 0.144. The second-order valence-electron chi connectivity index (χ2n) is 3.29. The van der Waals surface area contributed by atoms with Gasteiger partial charge in [0.2, 0.25) is 5.88 Å². The molecule has 0 aliphatic heterocycles. The molecule has 0 aliphatic rings. The molecule has 1 aromatic rings. The standard InChI is InChI=1S/C9H10N2O5S/c1-2-11-8(12)3-6(5-17(14,15)16)7(4-10)9(11)13/h3,13H,2,5H2,1H3,(H,14,15,16). The molecule has 0 saturated carbocycles. The van der Waals surface area contributed by atoms with Crippen molar-refractivity contribution in [1.82, 2.24) is 4.57 Å². The molecule has 0 atom stereocenters. The van der Waals surface area contributed by atoms with E-state index >= 15 is 0 Å². The summed E-state index contributed by atoms with van der Waals surface area (Å²) >= 11 is 0. The zero-order valence-corrected chi connectivity index (χ0v) is 9.73. The summed E-state index contributed by atoms with van der Waals surface area (Å²) in [7, 11) is -4.37. The molecule has 0 radical (unpaired) electrons. The van der Waals surface area contributed by atoms with E-state index in [-0.39, 0.29) is 17.7 Å². The van der Waals surface area contributed by atoms with Gasteiger partial charge in [0.25, 0.3) is 15.7 Å². The van der Waals surface area contributed by atoms with Gasteiger partial charge in [-0.2, -0.15) is 13.7 Å². The fraction of sp³-hybridized carbons (Fsp3) is 0.333. The van der Waals surface area contributed by atoms with Crippen LogP contribution in [0.3, 0.4) is 0 Å². The van der Waals surface area contributed by atoms with Gasteiger partial charge < -0.3 is 5.11 Å². The lowest BCUT2D eigenvalue weighted by molar-refractivity contribution is 0.408. The number of hydrogen-bond acceptors (Lipinski definition) is 5. The third-order valence-electron chi connectivity index (χ3n) is 2.13. The van der Waals surface area contributed by atoms with Gasteiger partial charge in [0.1, 0.15) is 17.4 Å². The average molecular weight is 258 g/mol. The van der Waals surface area contributed by atoms with Crippen LogP contribution in [-0.4, -0.2) is 22.6 Å². The van der Waals surface area contributed by atoms with Crippen molar-refractivity contribution < 1.29 is 18.1 Å². The quantitative estimate of drug-likeness (QED) is 0.726. The van der Waals surface area contributed by atoms with E-state index in [2.05, 4.69) is 0 Å². The van der Waals surface area contributed by atoms with Crippen LogP contribution in [0.15, 0.2) is 10.9 Å². The summed E-state index contributed by atoms with van der Waals surface area (Å²) in [5.74, 6) is -1.48. The molecular weight excluding hydrogens is 248 g/mol. The van der Waals surface area contributed by atoms with Crippen molar-refractivity contribution >= 4 is 10.1 Å². The van der Waals surface area contributed by atoms with Crippen LogP contribution in [0.4, 0.5) is 0 Å². The predicted octanol–water partition coefficient (Wildman–Crippen LogP) is -0.167. The minimum atomic E-state index is -4.37. The lowest BCUT2D eigenvalue weighted by Crippen LogP contribution is -2.21. The Morgan fingerprint density at radius 2 is 2.12 bits per heavy atom. The molecule has 0 aromatic carbocycles. The van der Waals surface area contributed by atoms with Crippen LogP contribution >= 0.6 is 0 Å². The molecule has 1 heterocycles. The molecule has 17 heavy (non-hydrogen) atoms. The van der Waals surface area contributed by atoms with Crippen LogP contribution in [0.2, 0.25) is 0 Å². The fourth-order valence-corrected chi connectivity index (χ4v) is 2.04. The molecule has 0 aliphatic carbocycles. The van der Waals surface area contributed by atoms with E-state index < -0.39 is 27.3 Å². The van der Waals surface area contributed by atoms with E-state index in [0.717, 1.165) is 10.6 Å². The van der Waals surface area contributed by atoms with Crippen molar-refractivity contribution in [3.63, 3.8) is 0 Å². The first-order valence-electron chi connectivity index (χ1n) is 4.61. The summed E-state index contributed by atoms with van der Waals surface area (Å²) in [5.41, 5.74) is -1.19. The maximum atomic E-state index is 11.5. The van der Waals surface area contributed by atoms with Gasteiger partial charge in [0, 0.05) is 12.6 Å². The number of hydrogen-bond donors (Lipinski definition) is 2. The Bertz CT molecular complexity index is 639. The smallest absolute Gasteiger partial charge is 0.269 e. The van der Waals surface area contributed by atoms with E-state index in [1.54, 1.807) is 13.0 Å². The largest absolute Gasteiger partial charge is 0.493 e. The molecule has 0 fully saturated rings. The van der Waals surface area contributed by atoms with Crippen LogP contribution in [0.25, 0.3) is 0 Å². The first-order valence-corrected chi connectivity index (χ1v) is 6.22. The van der Waals surface area contributed by atoms with E-state index in [1.807, 2.05) is 0 Å². The van der Waals surface area contributed by atoms with Crippen molar-refractivity contribution in [2.75, 3.05) is 0 Å². The molecule has 0 bridgehead atoms. The van der Waals surface area contributed by atoms with Crippen LogP contribution < -0.4 is 5.56 Å². The first-order chi connectivity index (χ1) is 7.80. The lowest BCUT2D eigenvalue weighted by Gasteiger charge is -2.09. The van der Waals surface area contributed by atoms with Crippen LogP contribution in [0.1, 0.15) is 18.1 Å². The van der Waals surface area contributed by atoms with Gasteiger partial charge in [-0.05, 0) is 12.5 Å². The Kier molecular flexibility index (Phi) is 3.55. The number of aromatic nitrogens is 1. The molecule has 2 N–H and O–H groups in total. The van der Waals surface area contributed by atoms with Crippen molar-refractivity contribution in [3.05, 3.63) is 27.5 Å². The molecule has 8 heteroatoms. The summed E-state index contributed by atoms with van der Waals surface area (Å²) in [6.45, 7) is 1.73. The summed E-state index contributed by atoms with van der Waals surface area (Å²) in [4.78, 5) is 11.5. The molecule has 7 nitrogen and oxygen atoms in total. The van der Waals surface area contributed by atoms with Crippen LogP contribution in [-0.2, 0) is 22.4 Å². The molecule has 0 saturated heterocycles. The molecule has 1 rings (SSSR count). The Balaban J connectivity index is 3.55. The molecule has 92 valence electrons. The molecule has 0 unspecified atom stereocenters. The maximum absolute atomic E-state index is 11.5. The zero-order valence-electron chi connectivity index (χ0n) is 8.91. The minimum Gasteiger partial charge on any atom is -0.493 e. The summed E-state index contributed by atoms with van der Waals surface area (Å²) < 4.78 is 31.0. The van der Waals surface area contributed by atoms with E-state index in [9.17, 15) is 18.3 Å². The number of aromatic hydroxyl groups is 1. The van der Waals surface area contributed by atoms with Gasteiger partial charge in [-0.1, -0.05) is 0 Å². The van der Waals surface area contributed by atoms with Gasteiger partial charge in [-0.3, -0.25) is 13.9 Å². The van der Waals surface area contributed by atoms with E-state index in [4.69, 9.17) is 9.81 Å². The van der Waals surface area contributed by atoms with Crippen LogP contribution in [0, 0.1) is 11.3 Å². The van der Waals surface area contributed by atoms with E-state index in [1.165, 1.54) is 0 Å². The summed E-state index contributed by atoms with van der Waals surface area (Å²) in [6.07, 6.45) is 0. The number of nitrogens with zero attached hydrogens (tertiary/aromatic N) is 2. The Labute approximate surface area is 97.3 Å². The van der Waals surface area contributed by atoms with Gasteiger partial charge in [0.15, 0.2) is 0 Å². The monoisotopic (exact) mass is 258 g/mol. The summed E-state index contributed by atoms with van der Waals surface area (Å²) in [5, 5.41) is 18.4. The summed E-state index contributed by atoms with van der Waals surface area (Å²) in [6, 6.07) is 2.52. The second-order valence-corrected chi connectivity index (χ2v) is 4.74. The Hall–Kier alpha value is -1.85. The third-order valence-corrected chi connectivity index (χ3v) is 2.81. The maximum Gasteiger partial charge on any atom is 0.269 e. The predicted molar refractivity (Wildman–Crippen MR) is 58.0 cm³/mol.